The van der Waals surface area contributed by atoms with Crippen LogP contribution >= 0.6 is 0 Å². The van der Waals surface area contributed by atoms with Crippen LogP contribution in [0.1, 0.15) is 56.2 Å². The van der Waals surface area contributed by atoms with E-state index in [1.54, 1.807) is 0 Å². The first-order chi connectivity index (χ1) is 14.1. The zero-order valence-corrected chi connectivity index (χ0v) is 17.2. The molecule has 4 aromatic rings. The van der Waals surface area contributed by atoms with Crippen LogP contribution < -0.4 is 5.32 Å². The van der Waals surface area contributed by atoms with E-state index in [1.165, 1.54) is 18.4 Å². The van der Waals surface area contributed by atoms with Crippen molar-refractivity contribution in [2.45, 2.75) is 46.0 Å². The molecule has 0 bridgehead atoms. The summed E-state index contributed by atoms with van der Waals surface area (Å²) in [5.41, 5.74) is 6.65. The summed E-state index contributed by atoms with van der Waals surface area (Å²) in [7, 11) is 0. The van der Waals surface area contributed by atoms with Crippen molar-refractivity contribution in [3.63, 3.8) is 0 Å². The van der Waals surface area contributed by atoms with Gasteiger partial charge in [-0.25, -0.2) is 4.98 Å². The molecule has 0 unspecified atom stereocenters. The van der Waals surface area contributed by atoms with Crippen molar-refractivity contribution in [1.82, 2.24) is 9.38 Å². The van der Waals surface area contributed by atoms with Crippen molar-refractivity contribution < 1.29 is 0 Å². The molecule has 0 atom stereocenters. The summed E-state index contributed by atoms with van der Waals surface area (Å²) in [4.78, 5) is 4.78. The van der Waals surface area contributed by atoms with E-state index in [1.807, 2.05) is 24.3 Å². The first-order valence-corrected chi connectivity index (χ1v) is 10.3. The van der Waals surface area contributed by atoms with E-state index in [-0.39, 0.29) is 5.92 Å². The number of unbranched alkanes of at least 4 members (excludes halogenated alkanes) is 1. The second-order valence-electron chi connectivity index (χ2n) is 7.81. The summed E-state index contributed by atoms with van der Waals surface area (Å²) >= 11 is 0. The van der Waals surface area contributed by atoms with Gasteiger partial charge in [0.1, 0.15) is 11.9 Å². The fourth-order valence-electron chi connectivity index (χ4n) is 3.80. The lowest BCUT2D eigenvalue weighted by atomic mass is 9.99. The van der Waals surface area contributed by atoms with Gasteiger partial charge in [-0.3, -0.25) is 4.40 Å². The Bertz CT molecular complexity index is 1190. The van der Waals surface area contributed by atoms with Crippen LogP contribution in [0.5, 0.6) is 0 Å². The molecule has 2 heterocycles. The topological polar surface area (TPSA) is 53.1 Å². The Kier molecular flexibility index (Phi) is 5.22. The van der Waals surface area contributed by atoms with Crippen LogP contribution in [0.25, 0.3) is 16.7 Å². The second kappa shape index (κ2) is 7.97. The van der Waals surface area contributed by atoms with Gasteiger partial charge in [-0.1, -0.05) is 51.5 Å². The predicted octanol–water partition coefficient (Wildman–Crippen LogP) is 6.57. The van der Waals surface area contributed by atoms with E-state index in [0.717, 1.165) is 34.5 Å². The third-order valence-corrected chi connectivity index (χ3v) is 5.39. The molecule has 4 rings (SSSR count). The maximum absolute atomic E-state index is 9.85. The molecule has 4 heteroatoms. The van der Waals surface area contributed by atoms with Gasteiger partial charge in [0.05, 0.1) is 16.6 Å². The van der Waals surface area contributed by atoms with Gasteiger partial charge >= 0.3 is 0 Å². The minimum absolute atomic E-state index is 0.228. The average Bonchev–Trinajstić information content (AvgIpc) is 3.12. The molecule has 0 fully saturated rings. The Labute approximate surface area is 171 Å². The number of benzene rings is 2. The predicted molar refractivity (Wildman–Crippen MR) is 120 cm³/mol. The minimum Gasteiger partial charge on any atom is -0.341 e. The van der Waals surface area contributed by atoms with Crippen molar-refractivity contribution in [3.8, 4) is 6.07 Å². The van der Waals surface area contributed by atoms with Crippen molar-refractivity contribution >= 4 is 28.2 Å². The van der Waals surface area contributed by atoms with Crippen molar-refractivity contribution in [2.24, 2.45) is 0 Å². The van der Waals surface area contributed by atoms with Gasteiger partial charge < -0.3 is 5.32 Å². The van der Waals surface area contributed by atoms with Gasteiger partial charge in [-0.2, -0.15) is 5.26 Å². The molecule has 0 spiro atoms. The molecule has 0 radical (unpaired) electrons. The molecule has 2 aromatic heterocycles. The van der Waals surface area contributed by atoms with E-state index in [2.05, 4.69) is 66.9 Å². The number of fused-ring (bicyclic) bond motifs is 3. The Balaban J connectivity index is 1.86. The summed E-state index contributed by atoms with van der Waals surface area (Å²) < 4.78 is 2.06. The van der Waals surface area contributed by atoms with E-state index in [4.69, 9.17) is 4.98 Å². The normalized spacial score (nSPS) is 11.3. The highest BCUT2D eigenvalue weighted by Gasteiger charge is 2.18. The number of imidazole rings is 1. The maximum atomic E-state index is 9.85. The highest BCUT2D eigenvalue weighted by molar-refractivity contribution is 5.86. The number of hydrogen-bond acceptors (Lipinski definition) is 3. The maximum Gasteiger partial charge on any atom is 0.157 e. The van der Waals surface area contributed by atoms with E-state index in [0.29, 0.717) is 11.2 Å². The third-order valence-electron chi connectivity index (χ3n) is 5.39. The summed E-state index contributed by atoms with van der Waals surface area (Å²) in [5.74, 6) is 1.16. The quantitative estimate of drug-likeness (QED) is 0.410. The molecule has 0 saturated heterocycles. The summed E-state index contributed by atoms with van der Waals surface area (Å²) in [5, 5.41) is 13.4. The lowest BCUT2D eigenvalue weighted by Crippen LogP contribution is -2.04. The molecule has 1 N–H and O–H groups in total. The number of anilines is 2. The number of nitrogens with zero attached hydrogens (tertiary/aromatic N) is 3. The van der Waals surface area contributed by atoms with Crippen LogP contribution in [0.4, 0.5) is 11.5 Å². The fraction of sp³-hybridized carbons (Fsp3) is 0.280. The first-order valence-electron chi connectivity index (χ1n) is 10.3. The standard InChI is InChI=1S/C25H26N4/c1-4-5-8-18-11-13-19(14-12-18)27-24-15-20(17(2)3)21(16-26)25-28-22-9-6-7-10-23(22)29(24)25/h6-7,9-15,17,27H,4-5,8H2,1-3H3. The minimum atomic E-state index is 0.228. The molecule has 4 nitrogen and oxygen atoms in total. The fourth-order valence-corrected chi connectivity index (χ4v) is 3.80. The van der Waals surface area contributed by atoms with Crippen LogP contribution in [0.3, 0.4) is 0 Å². The molecular formula is C25H26N4. The molecule has 0 aliphatic rings. The van der Waals surface area contributed by atoms with Gasteiger partial charge in [0.25, 0.3) is 0 Å². The van der Waals surface area contributed by atoms with Crippen molar-refractivity contribution in [2.75, 3.05) is 5.32 Å². The molecule has 0 saturated carbocycles. The third kappa shape index (κ3) is 3.56. The van der Waals surface area contributed by atoms with Crippen LogP contribution in [0.15, 0.2) is 54.6 Å². The van der Waals surface area contributed by atoms with E-state index >= 15 is 0 Å². The lowest BCUT2D eigenvalue weighted by Gasteiger charge is -2.16. The average molecular weight is 383 g/mol. The van der Waals surface area contributed by atoms with Gasteiger partial charge in [-0.15, -0.1) is 0 Å². The van der Waals surface area contributed by atoms with Crippen LogP contribution in [0.2, 0.25) is 0 Å². The van der Waals surface area contributed by atoms with Gasteiger partial charge in [-0.05, 0) is 60.2 Å². The summed E-state index contributed by atoms with van der Waals surface area (Å²) in [6, 6.07) is 21.1. The highest BCUT2D eigenvalue weighted by atomic mass is 15.1. The summed E-state index contributed by atoms with van der Waals surface area (Å²) in [6.07, 6.45) is 3.53. The Morgan fingerprint density at radius 1 is 1.10 bits per heavy atom. The van der Waals surface area contributed by atoms with E-state index < -0.39 is 0 Å². The van der Waals surface area contributed by atoms with Gasteiger partial charge in [0, 0.05) is 5.69 Å². The molecular weight excluding hydrogens is 356 g/mol. The number of rotatable bonds is 6. The first kappa shape index (κ1) is 19.0. The largest absolute Gasteiger partial charge is 0.341 e. The SMILES string of the molecule is CCCCc1ccc(Nc2cc(C(C)C)c(C#N)c3nc4ccccc4n23)cc1. The zero-order valence-electron chi connectivity index (χ0n) is 17.2. The van der Waals surface area contributed by atoms with Gasteiger partial charge in [0.2, 0.25) is 0 Å². The summed E-state index contributed by atoms with van der Waals surface area (Å²) in [6.45, 7) is 6.44. The molecule has 29 heavy (non-hydrogen) atoms. The van der Waals surface area contributed by atoms with Crippen LogP contribution in [-0.4, -0.2) is 9.38 Å². The number of hydrogen-bond donors (Lipinski definition) is 1. The Morgan fingerprint density at radius 2 is 1.86 bits per heavy atom. The molecule has 146 valence electrons. The molecule has 2 aromatic carbocycles. The highest BCUT2D eigenvalue weighted by Crippen LogP contribution is 2.32. The lowest BCUT2D eigenvalue weighted by molar-refractivity contribution is 0.795. The van der Waals surface area contributed by atoms with Crippen LogP contribution in [0, 0.1) is 11.3 Å². The number of pyridine rings is 1. The van der Waals surface area contributed by atoms with Gasteiger partial charge in [0.15, 0.2) is 5.65 Å². The number of aromatic nitrogens is 2. The van der Waals surface area contributed by atoms with E-state index in [9.17, 15) is 5.26 Å². The number of para-hydroxylation sites is 2. The molecule has 0 aliphatic heterocycles. The molecule has 0 amide bonds. The Morgan fingerprint density at radius 3 is 2.55 bits per heavy atom. The van der Waals surface area contributed by atoms with Crippen molar-refractivity contribution in [1.29, 1.82) is 5.26 Å². The zero-order chi connectivity index (χ0) is 20.4. The van der Waals surface area contributed by atoms with Crippen LogP contribution in [-0.2, 0) is 6.42 Å². The number of nitrogens with one attached hydrogen (secondary N) is 1. The Hall–Kier alpha value is -3.32. The molecule has 0 aliphatic carbocycles. The van der Waals surface area contributed by atoms with Crippen molar-refractivity contribution in [3.05, 3.63) is 71.3 Å². The second-order valence-corrected chi connectivity index (χ2v) is 7.81. The monoisotopic (exact) mass is 382 g/mol. The smallest absolute Gasteiger partial charge is 0.157 e. The number of nitriles is 1. The number of aryl methyl sites for hydroxylation is 1.